The molecule has 0 unspecified atom stereocenters. The van der Waals surface area contributed by atoms with Crippen molar-refractivity contribution in [3.63, 3.8) is 0 Å². The topological polar surface area (TPSA) is 67.4 Å². The zero-order valence-electron chi connectivity index (χ0n) is 11.9. The van der Waals surface area contributed by atoms with Gasteiger partial charge in [0.05, 0.1) is 19.6 Å². The van der Waals surface area contributed by atoms with Crippen molar-refractivity contribution in [2.75, 3.05) is 19.7 Å². The highest BCUT2D eigenvalue weighted by molar-refractivity contribution is 5.84. The van der Waals surface area contributed by atoms with Crippen molar-refractivity contribution < 1.29 is 14.3 Å². The van der Waals surface area contributed by atoms with E-state index in [1.807, 2.05) is 30.3 Å². The van der Waals surface area contributed by atoms with Crippen molar-refractivity contribution in [3.8, 4) is 5.75 Å². The van der Waals surface area contributed by atoms with E-state index in [0.29, 0.717) is 13.2 Å². The number of para-hydroxylation sites is 1. The number of carbonyl (C=O) groups excluding carboxylic acids is 2. The molecule has 0 aliphatic rings. The molecule has 20 heavy (non-hydrogen) atoms. The molecular formula is C15H22N2O3. The number of ether oxygens (including phenoxy) is 1. The summed E-state index contributed by atoms with van der Waals surface area (Å²) >= 11 is 0. The lowest BCUT2D eigenvalue weighted by Crippen LogP contribution is -2.37. The molecule has 110 valence electrons. The van der Waals surface area contributed by atoms with Gasteiger partial charge in [0, 0.05) is 6.54 Å². The predicted molar refractivity (Wildman–Crippen MR) is 77.5 cm³/mol. The van der Waals surface area contributed by atoms with E-state index < -0.39 is 0 Å². The number of benzene rings is 1. The van der Waals surface area contributed by atoms with Gasteiger partial charge in [-0.3, -0.25) is 9.59 Å². The molecule has 5 nitrogen and oxygen atoms in total. The molecule has 2 amide bonds. The lowest BCUT2D eigenvalue weighted by Gasteiger charge is -2.07. The molecule has 0 bridgehead atoms. The average molecular weight is 278 g/mol. The van der Waals surface area contributed by atoms with Crippen molar-refractivity contribution >= 4 is 11.8 Å². The molecule has 0 heterocycles. The van der Waals surface area contributed by atoms with E-state index in [1.54, 1.807) is 0 Å². The van der Waals surface area contributed by atoms with Crippen LogP contribution in [0.25, 0.3) is 0 Å². The average Bonchev–Trinajstić information content (AvgIpc) is 2.46. The summed E-state index contributed by atoms with van der Waals surface area (Å²) in [5, 5.41) is 5.30. The first-order valence-corrected chi connectivity index (χ1v) is 6.93. The summed E-state index contributed by atoms with van der Waals surface area (Å²) in [5.41, 5.74) is 0. The van der Waals surface area contributed by atoms with Crippen LogP contribution in [0.4, 0.5) is 0 Å². The fourth-order valence-corrected chi connectivity index (χ4v) is 1.51. The lowest BCUT2D eigenvalue weighted by atomic mass is 10.3. The Hall–Kier alpha value is -2.04. The van der Waals surface area contributed by atoms with Crippen LogP contribution in [0.5, 0.6) is 5.75 Å². The Bertz CT molecular complexity index is 407. The van der Waals surface area contributed by atoms with Crippen molar-refractivity contribution in [3.05, 3.63) is 30.3 Å². The van der Waals surface area contributed by atoms with Gasteiger partial charge >= 0.3 is 0 Å². The van der Waals surface area contributed by atoms with Gasteiger partial charge in [0.15, 0.2) is 0 Å². The number of amides is 2. The summed E-state index contributed by atoms with van der Waals surface area (Å²) in [7, 11) is 0. The zero-order chi connectivity index (χ0) is 14.6. The van der Waals surface area contributed by atoms with Gasteiger partial charge < -0.3 is 15.4 Å². The maximum absolute atomic E-state index is 11.5. The number of hydrogen-bond donors (Lipinski definition) is 2. The second-order valence-corrected chi connectivity index (χ2v) is 4.39. The summed E-state index contributed by atoms with van der Waals surface area (Å²) in [6.45, 7) is 3.03. The molecule has 0 aromatic heterocycles. The van der Waals surface area contributed by atoms with Crippen LogP contribution < -0.4 is 15.4 Å². The van der Waals surface area contributed by atoms with E-state index in [-0.39, 0.29) is 24.8 Å². The van der Waals surface area contributed by atoms with E-state index in [9.17, 15) is 9.59 Å². The first-order chi connectivity index (χ1) is 9.72. The molecule has 0 aliphatic heterocycles. The van der Waals surface area contributed by atoms with Crippen LogP contribution in [0.1, 0.15) is 26.2 Å². The molecule has 0 fully saturated rings. The third-order valence-corrected chi connectivity index (χ3v) is 2.64. The minimum Gasteiger partial charge on any atom is -0.493 e. The van der Waals surface area contributed by atoms with Gasteiger partial charge in [0.2, 0.25) is 11.8 Å². The highest BCUT2D eigenvalue weighted by atomic mass is 16.5. The van der Waals surface area contributed by atoms with Crippen LogP contribution >= 0.6 is 0 Å². The first kappa shape index (κ1) is 16.0. The third-order valence-electron chi connectivity index (χ3n) is 2.64. The van der Waals surface area contributed by atoms with Gasteiger partial charge in [-0.1, -0.05) is 31.5 Å². The van der Waals surface area contributed by atoms with Crippen LogP contribution in [-0.2, 0) is 9.59 Å². The maximum atomic E-state index is 11.5. The molecule has 0 radical (unpaired) electrons. The second-order valence-electron chi connectivity index (χ2n) is 4.39. The van der Waals surface area contributed by atoms with E-state index in [2.05, 4.69) is 17.6 Å². The van der Waals surface area contributed by atoms with Crippen LogP contribution in [0, 0.1) is 0 Å². The molecule has 0 spiro atoms. The Balaban J connectivity index is 2.07. The summed E-state index contributed by atoms with van der Waals surface area (Å²) < 4.78 is 5.40. The fourth-order valence-electron chi connectivity index (χ4n) is 1.51. The molecule has 2 N–H and O–H groups in total. The van der Waals surface area contributed by atoms with Gasteiger partial charge in [-0.05, 0) is 18.6 Å². The van der Waals surface area contributed by atoms with Gasteiger partial charge in [0.1, 0.15) is 5.75 Å². The highest BCUT2D eigenvalue weighted by Crippen LogP contribution is 2.08. The maximum Gasteiger partial charge on any atom is 0.239 e. The Kier molecular flexibility index (Phi) is 7.87. The predicted octanol–water partition coefficient (Wildman–Crippen LogP) is 1.49. The molecule has 1 rings (SSSR count). The number of carbonyl (C=O) groups is 2. The van der Waals surface area contributed by atoms with Gasteiger partial charge in [-0.2, -0.15) is 0 Å². The summed E-state index contributed by atoms with van der Waals surface area (Å²) in [4.78, 5) is 22.9. The van der Waals surface area contributed by atoms with Crippen molar-refractivity contribution in [1.29, 1.82) is 0 Å². The van der Waals surface area contributed by atoms with Gasteiger partial charge in [-0.25, -0.2) is 0 Å². The summed E-state index contributed by atoms with van der Waals surface area (Å²) in [6, 6.07) is 9.31. The van der Waals surface area contributed by atoms with Gasteiger partial charge in [-0.15, -0.1) is 0 Å². The quantitative estimate of drug-likeness (QED) is 0.672. The smallest absolute Gasteiger partial charge is 0.239 e. The fraction of sp³-hybridized carbons (Fsp3) is 0.467. The van der Waals surface area contributed by atoms with E-state index in [0.717, 1.165) is 18.6 Å². The standard InChI is InChI=1S/C15H22N2O3/c1-2-3-10-16-15(19)12-17-14(18)9-11-20-13-7-5-4-6-8-13/h4-8H,2-3,9-12H2,1H3,(H,16,19)(H,17,18). The lowest BCUT2D eigenvalue weighted by molar-refractivity contribution is -0.126. The molecule has 5 heteroatoms. The summed E-state index contributed by atoms with van der Waals surface area (Å²) in [5.74, 6) is 0.389. The molecule has 0 atom stereocenters. The van der Waals surface area contributed by atoms with E-state index in [1.165, 1.54) is 0 Å². The minimum absolute atomic E-state index is 0.0217. The van der Waals surface area contributed by atoms with Crippen molar-refractivity contribution in [2.24, 2.45) is 0 Å². The zero-order valence-corrected chi connectivity index (χ0v) is 11.9. The number of rotatable bonds is 9. The first-order valence-electron chi connectivity index (χ1n) is 6.93. The minimum atomic E-state index is -0.188. The number of unbranched alkanes of at least 4 members (excludes halogenated alkanes) is 1. The van der Waals surface area contributed by atoms with Crippen LogP contribution in [0.2, 0.25) is 0 Å². The Morgan fingerprint density at radius 3 is 2.55 bits per heavy atom. The summed E-state index contributed by atoms with van der Waals surface area (Å²) in [6.07, 6.45) is 2.21. The monoisotopic (exact) mass is 278 g/mol. The highest BCUT2D eigenvalue weighted by Gasteiger charge is 2.05. The molecule has 0 aliphatic carbocycles. The van der Waals surface area contributed by atoms with E-state index in [4.69, 9.17) is 4.74 Å². The van der Waals surface area contributed by atoms with Crippen molar-refractivity contribution in [2.45, 2.75) is 26.2 Å². The van der Waals surface area contributed by atoms with Crippen LogP contribution in [0.15, 0.2) is 30.3 Å². The normalized spacial score (nSPS) is 9.85. The molecule has 0 saturated heterocycles. The van der Waals surface area contributed by atoms with Crippen molar-refractivity contribution in [1.82, 2.24) is 10.6 Å². The van der Waals surface area contributed by atoms with E-state index >= 15 is 0 Å². The molecule has 1 aromatic rings. The second kappa shape index (κ2) is 9.83. The Morgan fingerprint density at radius 2 is 1.85 bits per heavy atom. The number of hydrogen-bond acceptors (Lipinski definition) is 3. The third kappa shape index (κ3) is 7.41. The largest absolute Gasteiger partial charge is 0.493 e. The molecule has 0 saturated carbocycles. The van der Waals surface area contributed by atoms with Crippen LogP contribution in [-0.4, -0.2) is 31.5 Å². The molecule has 1 aromatic carbocycles. The Morgan fingerprint density at radius 1 is 1.10 bits per heavy atom. The number of nitrogens with one attached hydrogen (secondary N) is 2. The Labute approximate surface area is 119 Å². The molecular weight excluding hydrogens is 256 g/mol. The van der Waals surface area contributed by atoms with Gasteiger partial charge in [0.25, 0.3) is 0 Å². The van der Waals surface area contributed by atoms with Crippen LogP contribution in [0.3, 0.4) is 0 Å². The SMILES string of the molecule is CCCCNC(=O)CNC(=O)CCOc1ccccc1.